The molecular formula is C18H14N6S. The number of fused-ring (bicyclic) bond motifs is 2. The van der Waals surface area contributed by atoms with Crippen molar-refractivity contribution in [3.63, 3.8) is 0 Å². The first-order valence-corrected chi connectivity index (χ1v) is 8.94. The van der Waals surface area contributed by atoms with Crippen LogP contribution in [-0.4, -0.2) is 36.3 Å². The number of hydrogen-bond donors (Lipinski definition) is 1. The SMILES string of the molecule is Cc1[nH]c2ccccc2c1C1=Nn2c(nnc2-c2ccncc2)SC1. The van der Waals surface area contributed by atoms with E-state index in [2.05, 4.69) is 45.3 Å². The van der Waals surface area contributed by atoms with Crippen LogP contribution in [0.25, 0.3) is 22.3 Å². The minimum atomic E-state index is 0.736. The average molecular weight is 346 g/mol. The smallest absolute Gasteiger partial charge is 0.212 e. The number of aromatic nitrogens is 5. The lowest BCUT2D eigenvalue weighted by molar-refractivity contribution is 0.762. The van der Waals surface area contributed by atoms with Crippen molar-refractivity contribution >= 4 is 28.4 Å². The number of rotatable bonds is 2. The van der Waals surface area contributed by atoms with E-state index in [9.17, 15) is 0 Å². The van der Waals surface area contributed by atoms with Crippen LogP contribution < -0.4 is 0 Å². The van der Waals surface area contributed by atoms with Gasteiger partial charge in [0.25, 0.3) is 0 Å². The summed E-state index contributed by atoms with van der Waals surface area (Å²) >= 11 is 1.66. The van der Waals surface area contributed by atoms with Crippen molar-refractivity contribution in [1.29, 1.82) is 0 Å². The standard InChI is InChI=1S/C18H14N6S/c1-11-16(13-4-2-3-5-14(13)20-11)15-10-25-18-22-21-17(24(18)23-15)12-6-8-19-9-7-12/h2-9,20H,10H2,1H3. The number of H-pyrrole nitrogens is 1. The van der Waals surface area contributed by atoms with E-state index < -0.39 is 0 Å². The van der Waals surface area contributed by atoms with Gasteiger partial charge in [-0.2, -0.15) is 9.78 Å². The van der Waals surface area contributed by atoms with Crippen LogP contribution in [0.15, 0.2) is 59.0 Å². The summed E-state index contributed by atoms with van der Waals surface area (Å²) in [5.41, 5.74) is 5.41. The molecule has 25 heavy (non-hydrogen) atoms. The van der Waals surface area contributed by atoms with Gasteiger partial charge in [-0.05, 0) is 25.1 Å². The third-order valence-electron chi connectivity index (χ3n) is 4.29. The number of thioether (sulfide) groups is 1. The fraction of sp³-hybridized carbons (Fsp3) is 0.111. The van der Waals surface area contributed by atoms with Crippen molar-refractivity contribution in [2.24, 2.45) is 5.10 Å². The fourth-order valence-electron chi connectivity index (χ4n) is 3.18. The second-order valence-corrected chi connectivity index (χ2v) is 6.80. The van der Waals surface area contributed by atoms with E-state index in [4.69, 9.17) is 5.10 Å². The molecule has 1 aromatic carbocycles. The van der Waals surface area contributed by atoms with Gasteiger partial charge in [-0.1, -0.05) is 30.0 Å². The van der Waals surface area contributed by atoms with Crippen molar-refractivity contribution in [2.75, 3.05) is 5.75 Å². The summed E-state index contributed by atoms with van der Waals surface area (Å²) in [4.78, 5) is 7.52. The van der Waals surface area contributed by atoms with Crippen molar-refractivity contribution in [3.05, 3.63) is 60.0 Å². The topological polar surface area (TPSA) is 71.8 Å². The highest BCUT2D eigenvalue weighted by atomic mass is 32.2. The van der Waals surface area contributed by atoms with Gasteiger partial charge >= 0.3 is 0 Å². The Morgan fingerprint density at radius 3 is 2.80 bits per heavy atom. The monoisotopic (exact) mass is 346 g/mol. The quantitative estimate of drug-likeness (QED) is 0.603. The minimum Gasteiger partial charge on any atom is -0.358 e. The lowest BCUT2D eigenvalue weighted by Crippen LogP contribution is -2.14. The van der Waals surface area contributed by atoms with Gasteiger partial charge in [-0.15, -0.1) is 10.2 Å². The lowest BCUT2D eigenvalue weighted by Gasteiger charge is -2.14. The summed E-state index contributed by atoms with van der Waals surface area (Å²) in [7, 11) is 0. The first-order valence-electron chi connectivity index (χ1n) is 7.95. The highest BCUT2D eigenvalue weighted by Crippen LogP contribution is 2.31. The van der Waals surface area contributed by atoms with Gasteiger partial charge in [-0.3, -0.25) is 4.98 Å². The van der Waals surface area contributed by atoms with Crippen molar-refractivity contribution in [2.45, 2.75) is 12.1 Å². The molecule has 1 aliphatic heterocycles. The van der Waals surface area contributed by atoms with Crippen LogP contribution in [-0.2, 0) is 0 Å². The molecule has 0 amide bonds. The first kappa shape index (κ1) is 14.4. The first-order chi connectivity index (χ1) is 12.3. The second-order valence-electron chi connectivity index (χ2n) is 5.86. The van der Waals surface area contributed by atoms with Crippen molar-refractivity contribution in [1.82, 2.24) is 24.8 Å². The molecule has 0 spiro atoms. The Morgan fingerprint density at radius 2 is 1.92 bits per heavy atom. The predicted molar refractivity (Wildman–Crippen MR) is 98.9 cm³/mol. The van der Waals surface area contributed by atoms with E-state index in [1.807, 2.05) is 22.9 Å². The molecule has 0 radical (unpaired) electrons. The molecule has 4 aromatic rings. The normalized spacial score (nSPS) is 13.7. The van der Waals surface area contributed by atoms with Crippen LogP contribution in [0.2, 0.25) is 0 Å². The molecule has 4 heterocycles. The Morgan fingerprint density at radius 1 is 1.08 bits per heavy atom. The van der Waals surface area contributed by atoms with Gasteiger partial charge in [0.05, 0.1) is 5.71 Å². The molecule has 0 saturated heterocycles. The van der Waals surface area contributed by atoms with Crippen LogP contribution in [0, 0.1) is 6.92 Å². The Labute approximate surface area is 148 Å². The van der Waals surface area contributed by atoms with Gasteiger partial charge in [0, 0.05) is 45.9 Å². The average Bonchev–Trinajstić information content (AvgIpc) is 3.22. The number of nitrogens with one attached hydrogen (secondary N) is 1. The number of nitrogens with zero attached hydrogens (tertiary/aromatic N) is 5. The van der Waals surface area contributed by atoms with Gasteiger partial charge in [0.15, 0.2) is 5.82 Å². The number of para-hydroxylation sites is 1. The molecule has 3 aromatic heterocycles. The maximum atomic E-state index is 4.88. The Kier molecular flexibility index (Phi) is 3.21. The van der Waals surface area contributed by atoms with E-state index in [0.29, 0.717) is 0 Å². The van der Waals surface area contributed by atoms with Crippen molar-refractivity contribution in [3.8, 4) is 11.4 Å². The third-order valence-corrected chi connectivity index (χ3v) is 5.22. The summed E-state index contributed by atoms with van der Waals surface area (Å²) < 4.78 is 1.83. The molecule has 5 rings (SSSR count). The molecule has 1 N–H and O–H groups in total. The molecule has 0 aliphatic carbocycles. The maximum Gasteiger partial charge on any atom is 0.212 e. The van der Waals surface area contributed by atoms with Crippen LogP contribution in [0.1, 0.15) is 11.3 Å². The Bertz CT molecular complexity index is 1110. The highest BCUT2D eigenvalue weighted by Gasteiger charge is 2.23. The van der Waals surface area contributed by atoms with Crippen molar-refractivity contribution < 1.29 is 0 Å². The van der Waals surface area contributed by atoms with Gasteiger partial charge < -0.3 is 4.98 Å². The molecule has 6 nitrogen and oxygen atoms in total. The fourth-order valence-corrected chi connectivity index (χ4v) is 4.00. The molecule has 0 atom stereocenters. The van der Waals surface area contributed by atoms with Crippen LogP contribution in [0.3, 0.4) is 0 Å². The van der Waals surface area contributed by atoms with E-state index in [-0.39, 0.29) is 0 Å². The summed E-state index contributed by atoms with van der Waals surface area (Å²) in [6.45, 7) is 2.09. The zero-order valence-corrected chi connectivity index (χ0v) is 14.3. The zero-order chi connectivity index (χ0) is 16.8. The van der Waals surface area contributed by atoms with E-state index >= 15 is 0 Å². The highest BCUT2D eigenvalue weighted by molar-refractivity contribution is 7.99. The number of hydrogen-bond acceptors (Lipinski definition) is 5. The minimum absolute atomic E-state index is 0.736. The Balaban J connectivity index is 1.69. The number of aromatic amines is 1. The summed E-state index contributed by atoms with van der Waals surface area (Å²) in [5, 5.41) is 15.5. The number of aryl methyl sites for hydroxylation is 1. The molecule has 0 saturated carbocycles. The Hall–Kier alpha value is -2.93. The molecule has 0 bridgehead atoms. The molecule has 7 heteroatoms. The van der Waals surface area contributed by atoms with Gasteiger partial charge in [-0.25, -0.2) is 0 Å². The van der Waals surface area contributed by atoms with Crippen LogP contribution in [0.5, 0.6) is 0 Å². The van der Waals surface area contributed by atoms with E-state index in [0.717, 1.165) is 39.2 Å². The third kappa shape index (κ3) is 2.27. The molecular weight excluding hydrogens is 332 g/mol. The van der Waals surface area contributed by atoms with E-state index in [1.54, 1.807) is 24.2 Å². The van der Waals surface area contributed by atoms with Gasteiger partial charge in [0.1, 0.15) is 0 Å². The maximum absolute atomic E-state index is 4.88. The predicted octanol–water partition coefficient (Wildman–Crippen LogP) is 3.49. The van der Waals surface area contributed by atoms with Crippen LogP contribution >= 0.6 is 11.8 Å². The summed E-state index contributed by atoms with van der Waals surface area (Å²) in [6, 6.07) is 12.2. The van der Waals surface area contributed by atoms with Gasteiger partial charge in [0.2, 0.25) is 5.16 Å². The zero-order valence-electron chi connectivity index (χ0n) is 13.5. The van der Waals surface area contributed by atoms with E-state index in [1.165, 1.54) is 10.9 Å². The summed E-state index contributed by atoms with van der Waals surface area (Å²) in [6.07, 6.45) is 3.50. The largest absolute Gasteiger partial charge is 0.358 e. The molecule has 122 valence electrons. The second kappa shape index (κ2) is 5.56. The summed E-state index contributed by atoms with van der Waals surface area (Å²) in [5.74, 6) is 1.51. The molecule has 0 fully saturated rings. The molecule has 0 unspecified atom stereocenters. The number of pyridine rings is 1. The lowest BCUT2D eigenvalue weighted by atomic mass is 10.1. The number of benzene rings is 1. The van der Waals surface area contributed by atoms with Crippen LogP contribution in [0.4, 0.5) is 0 Å². The molecule has 1 aliphatic rings.